The third-order valence-corrected chi connectivity index (χ3v) is 6.40. The lowest BCUT2D eigenvalue weighted by atomic mass is 10.1. The molecule has 0 saturated carbocycles. The lowest BCUT2D eigenvalue weighted by Crippen LogP contribution is -2.54. The first kappa shape index (κ1) is 23.1. The van der Waals surface area contributed by atoms with Crippen molar-refractivity contribution in [3.05, 3.63) is 113 Å². The molecule has 0 aliphatic carbocycles. The average molecular weight is 476 g/mol. The van der Waals surface area contributed by atoms with Gasteiger partial charge in [0.25, 0.3) is 11.8 Å². The summed E-state index contributed by atoms with van der Waals surface area (Å²) in [4.78, 5) is 39.4. The van der Waals surface area contributed by atoms with Crippen LogP contribution in [-0.2, 0) is 9.59 Å². The molecule has 6 nitrogen and oxygen atoms in total. The number of hydrogen-bond donors (Lipinski definition) is 1. The quantitative estimate of drug-likeness (QED) is 0.302. The van der Waals surface area contributed by atoms with E-state index in [4.69, 9.17) is 0 Å². The minimum atomic E-state index is -0.755. The van der Waals surface area contributed by atoms with Crippen molar-refractivity contribution in [2.45, 2.75) is 20.8 Å². The van der Waals surface area contributed by atoms with Crippen LogP contribution < -0.4 is 10.2 Å². The summed E-state index contributed by atoms with van der Waals surface area (Å²) in [5.41, 5.74) is 7.13. The molecule has 6 heteroatoms. The highest BCUT2D eigenvalue weighted by molar-refractivity contribution is 6.39. The summed E-state index contributed by atoms with van der Waals surface area (Å²) in [6.45, 7) is 5.84. The van der Waals surface area contributed by atoms with Gasteiger partial charge in [0.2, 0.25) is 0 Å². The van der Waals surface area contributed by atoms with Gasteiger partial charge in [-0.15, -0.1) is 0 Å². The summed E-state index contributed by atoms with van der Waals surface area (Å²) >= 11 is 0. The molecule has 0 spiro atoms. The Hall–Kier alpha value is -4.71. The monoisotopic (exact) mass is 475 g/mol. The number of barbiturate groups is 1. The highest BCUT2D eigenvalue weighted by Gasteiger charge is 2.37. The number of carbonyl (C=O) groups is 3. The number of rotatable bonds is 4. The van der Waals surface area contributed by atoms with Crippen LogP contribution >= 0.6 is 0 Å². The molecule has 4 amide bonds. The van der Waals surface area contributed by atoms with Gasteiger partial charge in [0.05, 0.1) is 5.69 Å². The predicted octanol–water partition coefficient (Wildman–Crippen LogP) is 5.74. The van der Waals surface area contributed by atoms with E-state index in [1.165, 1.54) is 0 Å². The zero-order chi connectivity index (χ0) is 25.4. The number of imide groups is 2. The van der Waals surface area contributed by atoms with Crippen molar-refractivity contribution in [1.29, 1.82) is 0 Å². The second-order valence-electron chi connectivity index (χ2n) is 8.87. The van der Waals surface area contributed by atoms with E-state index in [0.717, 1.165) is 44.2 Å². The van der Waals surface area contributed by atoms with Crippen molar-refractivity contribution in [3.63, 3.8) is 0 Å². The third kappa shape index (κ3) is 4.14. The molecule has 1 N–H and O–H groups in total. The molecule has 4 aromatic rings. The SMILES string of the molecule is Cc1ccc(N2C(=O)NC(=O)/C(=C/c3cc(C)n(-c4ccc(-c5ccccc5)cc4)c3C)C2=O)cc1. The van der Waals surface area contributed by atoms with Crippen molar-refractivity contribution < 1.29 is 14.4 Å². The van der Waals surface area contributed by atoms with Crippen LogP contribution in [0.15, 0.2) is 90.5 Å². The van der Waals surface area contributed by atoms with Crippen LogP contribution in [0.5, 0.6) is 0 Å². The van der Waals surface area contributed by atoms with Crippen molar-refractivity contribution >= 4 is 29.6 Å². The normalized spacial score (nSPS) is 14.9. The number of hydrogen-bond acceptors (Lipinski definition) is 3. The zero-order valence-corrected chi connectivity index (χ0v) is 20.3. The van der Waals surface area contributed by atoms with E-state index in [1.54, 1.807) is 18.2 Å². The van der Waals surface area contributed by atoms with Gasteiger partial charge in [0, 0.05) is 17.1 Å². The molecule has 0 bridgehead atoms. The van der Waals surface area contributed by atoms with Crippen LogP contribution in [0.4, 0.5) is 10.5 Å². The van der Waals surface area contributed by atoms with E-state index in [1.807, 2.05) is 57.2 Å². The maximum absolute atomic E-state index is 13.3. The molecule has 1 fully saturated rings. The summed E-state index contributed by atoms with van der Waals surface area (Å²) < 4.78 is 2.08. The molecular weight excluding hydrogens is 450 g/mol. The second-order valence-corrected chi connectivity index (χ2v) is 8.87. The molecule has 178 valence electrons. The topological polar surface area (TPSA) is 71.4 Å². The van der Waals surface area contributed by atoms with Gasteiger partial charge in [-0.3, -0.25) is 14.9 Å². The Labute approximate surface area is 209 Å². The van der Waals surface area contributed by atoms with Crippen LogP contribution in [0.2, 0.25) is 0 Å². The van der Waals surface area contributed by atoms with E-state index in [9.17, 15) is 14.4 Å². The lowest BCUT2D eigenvalue weighted by molar-refractivity contribution is -0.122. The number of carbonyl (C=O) groups excluding carboxylic acids is 3. The highest BCUT2D eigenvalue weighted by atomic mass is 16.2. The van der Waals surface area contributed by atoms with Crippen molar-refractivity contribution in [2.24, 2.45) is 0 Å². The Balaban J connectivity index is 1.49. The smallest absolute Gasteiger partial charge is 0.318 e. The van der Waals surface area contributed by atoms with E-state index < -0.39 is 17.8 Å². The average Bonchev–Trinajstić information content (AvgIpc) is 3.16. The molecule has 3 aromatic carbocycles. The Morgan fingerprint density at radius 2 is 1.33 bits per heavy atom. The van der Waals surface area contributed by atoms with E-state index in [0.29, 0.717) is 5.69 Å². The molecule has 1 aliphatic rings. The molecule has 5 rings (SSSR count). The number of anilines is 1. The standard InChI is InChI=1S/C30H25N3O3/c1-19-9-13-26(14-10-19)33-29(35)27(28(34)31-30(33)36)18-24-17-20(2)32(21(24)3)25-15-11-23(12-16-25)22-7-5-4-6-8-22/h4-18H,1-3H3,(H,31,34,36)/b27-18-. The summed E-state index contributed by atoms with van der Waals surface area (Å²) in [7, 11) is 0. The summed E-state index contributed by atoms with van der Waals surface area (Å²) in [6.07, 6.45) is 1.56. The second kappa shape index (κ2) is 9.15. The van der Waals surface area contributed by atoms with Crippen molar-refractivity contribution in [2.75, 3.05) is 4.90 Å². The van der Waals surface area contributed by atoms with Gasteiger partial charge in [-0.25, -0.2) is 9.69 Å². The summed E-state index contributed by atoms with van der Waals surface area (Å²) in [5.74, 6) is -1.35. The molecule has 2 heterocycles. The molecule has 0 atom stereocenters. The van der Waals surface area contributed by atoms with Gasteiger partial charge in [-0.2, -0.15) is 0 Å². The number of aryl methyl sites for hydroxylation is 2. The Morgan fingerprint density at radius 3 is 2.00 bits per heavy atom. The fourth-order valence-electron chi connectivity index (χ4n) is 4.51. The largest absolute Gasteiger partial charge is 0.335 e. The minimum Gasteiger partial charge on any atom is -0.318 e. The number of urea groups is 1. The molecular formula is C30H25N3O3. The molecule has 1 saturated heterocycles. The molecule has 36 heavy (non-hydrogen) atoms. The molecule has 0 unspecified atom stereocenters. The van der Waals surface area contributed by atoms with E-state index in [-0.39, 0.29) is 5.57 Å². The van der Waals surface area contributed by atoms with Gasteiger partial charge >= 0.3 is 6.03 Å². The summed E-state index contributed by atoms with van der Waals surface area (Å²) in [6, 6.07) is 26.6. The Bertz CT molecular complexity index is 1510. The maximum atomic E-state index is 13.3. The lowest BCUT2D eigenvalue weighted by Gasteiger charge is -2.26. The van der Waals surface area contributed by atoms with Gasteiger partial charge in [0.1, 0.15) is 5.57 Å². The number of nitrogens with one attached hydrogen (secondary N) is 1. The number of benzene rings is 3. The van der Waals surface area contributed by atoms with Crippen LogP contribution in [0.1, 0.15) is 22.5 Å². The molecule has 0 radical (unpaired) electrons. The van der Waals surface area contributed by atoms with E-state index in [2.05, 4.69) is 46.3 Å². The Morgan fingerprint density at radius 1 is 0.722 bits per heavy atom. The van der Waals surface area contributed by atoms with Crippen LogP contribution in [0.25, 0.3) is 22.9 Å². The fourth-order valence-corrected chi connectivity index (χ4v) is 4.51. The predicted molar refractivity (Wildman–Crippen MR) is 141 cm³/mol. The first-order valence-corrected chi connectivity index (χ1v) is 11.7. The maximum Gasteiger partial charge on any atom is 0.335 e. The fraction of sp³-hybridized carbons (Fsp3) is 0.100. The van der Waals surface area contributed by atoms with Gasteiger partial charge in [-0.05, 0) is 73.9 Å². The number of amides is 4. The zero-order valence-electron chi connectivity index (χ0n) is 20.3. The van der Waals surface area contributed by atoms with E-state index >= 15 is 0 Å². The first-order valence-electron chi connectivity index (χ1n) is 11.7. The highest BCUT2D eigenvalue weighted by Crippen LogP contribution is 2.27. The third-order valence-electron chi connectivity index (χ3n) is 6.40. The molecule has 1 aromatic heterocycles. The number of aromatic nitrogens is 1. The Kier molecular flexibility index (Phi) is 5.86. The minimum absolute atomic E-state index is 0.0881. The number of nitrogens with zero attached hydrogens (tertiary/aromatic N) is 2. The van der Waals surface area contributed by atoms with Crippen LogP contribution in [0.3, 0.4) is 0 Å². The first-order chi connectivity index (χ1) is 17.3. The van der Waals surface area contributed by atoms with Gasteiger partial charge in [0.15, 0.2) is 0 Å². The van der Waals surface area contributed by atoms with Crippen LogP contribution in [0, 0.1) is 20.8 Å². The van der Waals surface area contributed by atoms with Crippen LogP contribution in [-0.4, -0.2) is 22.4 Å². The van der Waals surface area contributed by atoms with Gasteiger partial charge in [-0.1, -0.05) is 60.2 Å². The molecule has 1 aliphatic heterocycles. The van der Waals surface area contributed by atoms with Crippen molar-refractivity contribution in [1.82, 2.24) is 9.88 Å². The van der Waals surface area contributed by atoms with Gasteiger partial charge < -0.3 is 4.57 Å². The summed E-state index contributed by atoms with van der Waals surface area (Å²) in [5, 5.41) is 2.29. The van der Waals surface area contributed by atoms with Crippen molar-refractivity contribution in [3.8, 4) is 16.8 Å².